The number of fused-ring (bicyclic) bond motifs is 2. The van der Waals surface area contributed by atoms with Crippen molar-refractivity contribution in [3.05, 3.63) is 73.2 Å². The van der Waals surface area contributed by atoms with Crippen molar-refractivity contribution >= 4 is 21.5 Å². The average molecular weight is 271 g/mol. The molecule has 0 spiro atoms. The first-order valence-electron chi connectivity index (χ1n) is 6.67. The van der Waals surface area contributed by atoms with Gasteiger partial charge in [-0.1, -0.05) is 30.3 Å². The number of hydrogen-bond donors (Lipinski definition) is 0. The number of nitrogens with zero attached hydrogens (tertiary/aromatic N) is 2. The van der Waals surface area contributed by atoms with Crippen LogP contribution >= 0.6 is 0 Å². The molecule has 0 saturated heterocycles. The van der Waals surface area contributed by atoms with Gasteiger partial charge in [0.15, 0.2) is 0 Å². The molecule has 0 N–H and O–H groups in total. The quantitative estimate of drug-likeness (QED) is 0.508. The number of ether oxygens (including phenoxy) is 1. The van der Waals surface area contributed by atoms with Crippen LogP contribution in [0.5, 0.6) is 11.6 Å². The predicted octanol–water partition coefficient (Wildman–Crippen LogP) is 4.38. The molecule has 0 aliphatic heterocycles. The molecule has 99 valence electrons. The summed E-state index contributed by atoms with van der Waals surface area (Å²) in [5.41, 5.74) is 0. The zero-order valence-electron chi connectivity index (χ0n) is 11.2. The van der Waals surface area contributed by atoms with Crippen molar-refractivity contribution in [2.24, 2.45) is 0 Å². The first kappa shape index (κ1) is 11.9. The molecule has 0 bridgehead atoms. The molecule has 0 aliphatic rings. The molecule has 4 aromatic rings. The van der Waals surface area contributed by atoms with Crippen molar-refractivity contribution < 1.29 is 4.74 Å². The van der Waals surface area contributed by atoms with Crippen LogP contribution in [-0.2, 0) is 0 Å². The van der Waals surface area contributed by atoms with E-state index in [9.17, 15) is 0 Å². The minimum absolute atomic E-state index is 0.467. The first-order chi connectivity index (χ1) is 10.4. The van der Waals surface area contributed by atoms with E-state index in [0.29, 0.717) is 11.6 Å². The molecule has 0 aliphatic carbocycles. The highest BCUT2D eigenvalue weighted by atomic mass is 16.5. The monoisotopic (exact) mass is 271 g/mol. The van der Waals surface area contributed by atoms with E-state index in [2.05, 4.69) is 40.3 Å². The summed E-state index contributed by atoms with van der Waals surface area (Å²) in [6, 6.07) is 19.8. The molecule has 1 heterocycles. The maximum absolute atomic E-state index is 5.67. The van der Waals surface area contributed by atoms with Crippen LogP contribution in [0.2, 0.25) is 0 Å². The van der Waals surface area contributed by atoms with Gasteiger partial charge in [0.1, 0.15) is 5.75 Å². The Morgan fingerprint density at radius 2 is 1.71 bits per heavy atom. The zero-order chi connectivity index (χ0) is 14.1. The first-order valence-corrected chi connectivity index (χ1v) is 6.67. The number of rotatable bonds is 2. The van der Waals surface area contributed by atoms with Crippen LogP contribution in [0.25, 0.3) is 21.5 Å². The van der Waals surface area contributed by atoms with Gasteiger partial charge in [0.05, 0.1) is 6.20 Å². The van der Waals surface area contributed by atoms with E-state index in [0.717, 1.165) is 10.8 Å². The van der Waals surface area contributed by atoms with Crippen LogP contribution in [0.4, 0.5) is 0 Å². The van der Waals surface area contributed by atoms with Crippen LogP contribution in [0.15, 0.2) is 67.1 Å². The van der Waals surface area contributed by atoms with Crippen molar-refractivity contribution in [2.75, 3.05) is 0 Å². The van der Waals surface area contributed by atoms with Crippen LogP contribution in [0.1, 0.15) is 0 Å². The molecule has 0 saturated carbocycles. The lowest BCUT2D eigenvalue weighted by molar-refractivity contribution is 0.460. The normalized spacial score (nSPS) is 10.9. The summed E-state index contributed by atoms with van der Waals surface area (Å²) < 4.78 is 5.67. The maximum Gasteiger partial charge on any atom is 0.237 e. The molecule has 3 nitrogen and oxygen atoms in total. The Bertz CT molecular complexity index is 920. The Balaban J connectivity index is 1.80. The van der Waals surface area contributed by atoms with Crippen LogP contribution < -0.4 is 4.74 Å². The summed E-state index contributed by atoms with van der Waals surface area (Å²) in [5.74, 6) is 1.10. The van der Waals surface area contributed by atoms with E-state index in [1.165, 1.54) is 10.8 Å². The fourth-order valence-electron chi connectivity index (χ4n) is 2.35. The molecule has 4 rings (SSSR count). The molecule has 3 aromatic carbocycles. The lowest BCUT2D eigenvalue weighted by atomic mass is 10.0. The largest absolute Gasteiger partial charge is 0.437 e. The van der Waals surface area contributed by atoms with Gasteiger partial charge in [0, 0.05) is 18.5 Å². The van der Waals surface area contributed by atoms with Crippen molar-refractivity contribution in [3.8, 4) is 11.6 Å². The second-order valence-corrected chi connectivity index (χ2v) is 4.75. The second-order valence-electron chi connectivity index (χ2n) is 4.75. The minimum Gasteiger partial charge on any atom is -0.437 e. The molecule has 1 aromatic heterocycles. The fourth-order valence-corrected chi connectivity index (χ4v) is 2.35. The highest BCUT2D eigenvalue weighted by Crippen LogP contribution is 2.27. The summed E-state index contributed by atoms with van der Waals surface area (Å²) in [6.07, 6.45) is 4.80. The summed E-state index contributed by atoms with van der Waals surface area (Å²) in [4.78, 5) is 8.08. The van der Waals surface area contributed by atoms with Crippen LogP contribution in [-0.4, -0.2) is 9.97 Å². The molecular weight excluding hydrogens is 260 g/mol. The molecular formula is C18H11N2O. The van der Waals surface area contributed by atoms with Gasteiger partial charge >= 0.3 is 0 Å². The van der Waals surface area contributed by atoms with Crippen molar-refractivity contribution in [1.29, 1.82) is 0 Å². The van der Waals surface area contributed by atoms with Gasteiger partial charge < -0.3 is 4.74 Å². The van der Waals surface area contributed by atoms with Gasteiger partial charge in [-0.05, 0) is 39.7 Å². The smallest absolute Gasteiger partial charge is 0.237 e. The maximum atomic E-state index is 5.67. The standard InChI is InChI=1S/C18H11N2O/c1-2-4-14-10-16-11-17(21-18-12-19-7-8-20-18)6-5-15(16)9-13(14)3-1/h1-10,12H. The van der Waals surface area contributed by atoms with Gasteiger partial charge in [-0.3, -0.25) is 4.98 Å². The molecule has 0 fully saturated rings. The summed E-state index contributed by atoms with van der Waals surface area (Å²) in [7, 11) is 0. The van der Waals surface area contributed by atoms with E-state index in [-0.39, 0.29) is 0 Å². The highest BCUT2D eigenvalue weighted by Gasteiger charge is 2.03. The average Bonchev–Trinajstić information content (AvgIpc) is 2.54. The minimum atomic E-state index is 0.467. The lowest BCUT2D eigenvalue weighted by Gasteiger charge is -2.06. The van der Waals surface area contributed by atoms with Gasteiger partial charge in [0.2, 0.25) is 5.88 Å². The Morgan fingerprint density at radius 3 is 2.52 bits per heavy atom. The number of benzene rings is 3. The summed E-state index contributed by atoms with van der Waals surface area (Å²) >= 11 is 0. The van der Waals surface area contributed by atoms with Gasteiger partial charge in [0.25, 0.3) is 0 Å². The Hall–Kier alpha value is -2.94. The van der Waals surface area contributed by atoms with E-state index in [4.69, 9.17) is 4.74 Å². The van der Waals surface area contributed by atoms with E-state index in [1.54, 1.807) is 18.6 Å². The SMILES string of the molecule is [c]1c(Oc2cnccn2)ccc2cc3ccccc3cc12. The van der Waals surface area contributed by atoms with Crippen LogP contribution in [0.3, 0.4) is 0 Å². The summed E-state index contributed by atoms with van der Waals surface area (Å²) in [6.45, 7) is 0. The molecule has 1 radical (unpaired) electrons. The van der Waals surface area contributed by atoms with E-state index < -0.39 is 0 Å². The molecule has 3 heteroatoms. The third-order valence-electron chi connectivity index (χ3n) is 3.34. The van der Waals surface area contributed by atoms with Gasteiger partial charge in [-0.2, -0.15) is 0 Å². The van der Waals surface area contributed by atoms with Crippen molar-refractivity contribution in [1.82, 2.24) is 9.97 Å². The number of aromatic nitrogens is 2. The fraction of sp³-hybridized carbons (Fsp3) is 0. The lowest BCUT2D eigenvalue weighted by Crippen LogP contribution is -1.88. The van der Waals surface area contributed by atoms with Crippen LogP contribution in [0, 0.1) is 6.07 Å². The Kier molecular flexibility index (Phi) is 2.75. The number of hydrogen-bond acceptors (Lipinski definition) is 3. The molecule has 0 atom stereocenters. The summed E-state index contributed by atoms with van der Waals surface area (Å²) in [5, 5.41) is 4.58. The molecule has 21 heavy (non-hydrogen) atoms. The third-order valence-corrected chi connectivity index (χ3v) is 3.34. The topological polar surface area (TPSA) is 35.0 Å². The zero-order valence-corrected chi connectivity index (χ0v) is 11.2. The van der Waals surface area contributed by atoms with Gasteiger partial charge in [-0.15, -0.1) is 0 Å². The highest BCUT2D eigenvalue weighted by molar-refractivity contribution is 5.98. The van der Waals surface area contributed by atoms with E-state index in [1.807, 2.05) is 24.3 Å². The van der Waals surface area contributed by atoms with Gasteiger partial charge in [-0.25, -0.2) is 4.98 Å². The predicted molar refractivity (Wildman–Crippen MR) is 82.4 cm³/mol. The van der Waals surface area contributed by atoms with Crippen molar-refractivity contribution in [2.45, 2.75) is 0 Å². The molecule has 0 unspecified atom stereocenters. The third kappa shape index (κ3) is 2.30. The molecule has 0 amide bonds. The van der Waals surface area contributed by atoms with E-state index >= 15 is 0 Å². The Labute approximate surface area is 121 Å². The second kappa shape index (κ2) is 4.87. The van der Waals surface area contributed by atoms with Crippen molar-refractivity contribution in [3.63, 3.8) is 0 Å². The Morgan fingerprint density at radius 1 is 0.857 bits per heavy atom.